The van der Waals surface area contributed by atoms with E-state index in [9.17, 15) is 25.5 Å². The first-order chi connectivity index (χ1) is 10.8. The summed E-state index contributed by atoms with van der Waals surface area (Å²) in [7, 11) is 0. The van der Waals surface area contributed by atoms with Gasteiger partial charge in [-0.25, -0.2) is 0 Å². The van der Waals surface area contributed by atoms with Gasteiger partial charge in [0.15, 0.2) is 6.29 Å². The zero-order chi connectivity index (χ0) is 17.4. The molecule has 0 aliphatic carbocycles. The van der Waals surface area contributed by atoms with Gasteiger partial charge in [0.2, 0.25) is 5.79 Å². The van der Waals surface area contributed by atoms with Crippen molar-refractivity contribution in [3.63, 3.8) is 0 Å². The van der Waals surface area contributed by atoms with E-state index in [0.29, 0.717) is 0 Å². The van der Waals surface area contributed by atoms with Crippen LogP contribution in [0.3, 0.4) is 0 Å². The van der Waals surface area contributed by atoms with Gasteiger partial charge in [0.1, 0.15) is 43.2 Å². The first kappa shape index (κ1) is 18.9. The van der Waals surface area contributed by atoms with Gasteiger partial charge >= 0.3 is 0 Å². The molecule has 0 radical (unpaired) electrons. The summed E-state index contributed by atoms with van der Waals surface area (Å²) in [4.78, 5) is 0. The molecule has 9 atom stereocenters. The lowest BCUT2D eigenvalue weighted by molar-refractivity contribution is -0.374. The van der Waals surface area contributed by atoms with E-state index in [-0.39, 0.29) is 0 Å². The van der Waals surface area contributed by atoms with Crippen LogP contribution < -0.4 is 5.73 Å². The average Bonchev–Trinajstić information content (AvgIpc) is 2.80. The van der Waals surface area contributed by atoms with Crippen molar-refractivity contribution in [3.05, 3.63) is 0 Å². The Balaban J connectivity index is 2.18. The van der Waals surface area contributed by atoms with Crippen LogP contribution in [0, 0.1) is 0 Å². The van der Waals surface area contributed by atoms with E-state index in [0.717, 1.165) is 0 Å². The minimum absolute atomic E-state index is 0.612. The molecule has 2 rings (SSSR count). The fourth-order valence-corrected chi connectivity index (χ4v) is 2.68. The molecule has 9 N–H and O–H groups in total. The minimum Gasteiger partial charge on any atom is -0.394 e. The number of aliphatic hydroxyl groups is 7. The summed E-state index contributed by atoms with van der Waals surface area (Å²) in [5.74, 6) is -2.17. The molecule has 0 aromatic carbocycles. The third-order valence-electron chi connectivity index (χ3n) is 4.16. The maximum absolute atomic E-state index is 10.0. The van der Waals surface area contributed by atoms with E-state index in [1.807, 2.05) is 0 Å². The largest absolute Gasteiger partial charge is 0.394 e. The zero-order valence-electron chi connectivity index (χ0n) is 12.2. The molecule has 11 nitrogen and oxygen atoms in total. The molecule has 0 bridgehead atoms. The van der Waals surface area contributed by atoms with Gasteiger partial charge in [-0.1, -0.05) is 0 Å². The second-order valence-electron chi connectivity index (χ2n) is 5.65. The van der Waals surface area contributed by atoms with Crippen molar-refractivity contribution in [3.8, 4) is 0 Å². The van der Waals surface area contributed by atoms with Gasteiger partial charge in [-0.05, 0) is 0 Å². The third kappa shape index (κ3) is 3.23. The van der Waals surface area contributed by atoms with Crippen molar-refractivity contribution in [1.82, 2.24) is 0 Å². The number of hydrogen-bond acceptors (Lipinski definition) is 11. The molecular weight excluding hydrogens is 318 g/mol. The molecule has 2 fully saturated rings. The molecular formula is C12H23NO10. The fraction of sp³-hybridized carbons (Fsp3) is 1.00. The molecule has 136 valence electrons. The van der Waals surface area contributed by atoms with E-state index in [1.165, 1.54) is 0 Å². The average molecular weight is 341 g/mol. The molecule has 0 saturated carbocycles. The Morgan fingerprint density at radius 3 is 2.00 bits per heavy atom. The first-order valence-electron chi connectivity index (χ1n) is 7.12. The van der Waals surface area contributed by atoms with Crippen molar-refractivity contribution < 1.29 is 50.0 Å². The summed E-state index contributed by atoms with van der Waals surface area (Å²) in [6, 6.07) is -1.22. The third-order valence-corrected chi connectivity index (χ3v) is 4.16. The summed E-state index contributed by atoms with van der Waals surface area (Å²) in [6.07, 6.45) is -10.1. The Hall–Kier alpha value is -0.440. The van der Waals surface area contributed by atoms with Crippen LogP contribution >= 0.6 is 0 Å². The molecule has 0 aromatic rings. The van der Waals surface area contributed by atoms with E-state index in [1.54, 1.807) is 0 Å². The van der Waals surface area contributed by atoms with Crippen molar-refractivity contribution in [2.24, 2.45) is 5.73 Å². The predicted octanol–water partition coefficient (Wildman–Crippen LogP) is -5.43. The predicted molar refractivity (Wildman–Crippen MR) is 70.6 cm³/mol. The maximum atomic E-state index is 10.0. The summed E-state index contributed by atoms with van der Waals surface area (Å²) >= 11 is 0. The molecule has 0 aromatic heterocycles. The van der Waals surface area contributed by atoms with Gasteiger partial charge in [0.25, 0.3) is 0 Å². The van der Waals surface area contributed by atoms with Crippen LogP contribution in [-0.4, -0.2) is 110 Å². The van der Waals surface area contributed by atoms with E-state index < -0.39 is 74.6 Å². The standard InChI is InChI=1S/C12H23NO10/c13-6-7(17)4(1-14)21-11(9(6)19)23-12(3-16)10(20)8(18)5(2-15)22-12/h4-11,14-20H,1-3,13H2/t4-,5-,6-,7-,8-,9-,10+,11?,12+/m1/s1. The fourth-order valence-electron chi connectivity index (χ4n) is 2.68. The summed E-state index contributed by atoms with van der Waals surface area (Å²) in [6.45, 7) is -2.18. The van der Waals surface area contributed by atoms with Crippen molar-refractivity contribution in [2.45, 2.75) is 54.7 Å². The highest BCUT2D eigenvalue weighted by molar-refractivity contribution is 4.99. The van der Waals surface area contributed by atoms with Gasteiger partial charge in [-0.3, -0.25) is 0 Å². The second-order valence-corrected chi connectivity index (χ2v) is 5.65. The molecule has 2 aliphatic heterocycles. The maximum Gasteiger partial charge on any atom is 0.224 e. The number of nitrogens with two attached hydrogens (primary N) is 1. The van der Waals surface area contributed by atoms with Crippen LogP contribution in [-0.2, 0) is 14.2 Å². The molecule has 1 unspecified atom stereocenters. The lowest BCUT2D eigenvalue weighted by Crippen LogP contribution is -2.65. The van der Waals surface area contributed by atoms with E-state index in [4.69, 9.17) is 30.2 Å². The molecule has 11 heteroatoms. The lowest BCUT2D eigenvalue weighted by atomic mass is 9.97. The number of rotatable bonds is 5. The van der Waals surface area contributed by atoms with Gasteiger partial charge < -0.3 is 55.7 Å². The van der Waals surface area contributed by atoms with Crippen LogP contribution in [0.5, 0.6) is 0 Å². The Morgan fingerprint density at radius 1 is 0.913 bits per heavy atom. The SMILES string of the molecule is N[C@@H]1[C@H](O)[C@@H](CO)OC(O[C@]2(CO)O[C@H](CO)[C@@H](O)[C@@H]2O)[C@@H]1O. The molecule has 2 saturated heterocycles. The molecule has 2 heterocycles. The molecule has 0 spiro atoms. The smallest absolute Gasteiger partial charge is 0.224 e. The zero-order valence-corrected chi connectivity index (χ0v) is 12.2. The van der Waals surface area contributed by atoms with Crippen LogP contribution in [0.2, 0.25) is 0 Å². The molecule has 2 aliphatic rings. The summed E-state index contributed by atoms with van der Waals surface area (Å²) in [5.41, 5.74) is 5.63. The summed E-state index contributed by atoms with van der Waals surface area (Å²) in [5, 5.41) is 67.3. The first-order valence-corrected chi connectivity index (χ1v) is 7.12. The van der Waals surface area contributed by atoms with Crippen LogP contribution in [0.15, 0.2) is 0 Å². The highest BCUT2D eigenvalue weighted by Gasteiger charge is 2.58. The normalized spacial score (nSPS) is 51.1. The second kappa shape index (κ2) is 7.21. The van der Waals surface area contributed by atoms with Crippen LogP contribution in [0.4, 0.5) is 0 Å². The number of hydrogen-bond donors (Lipinski definition) is 8. The van der Waals surface area contributed by atoms with Gasteiger partial charge in [0, 0.05) is 0 Å². The lowest BCUT2D eigenvalue weighted by Gasteiger charge is -2.43. The quantitative estimate of drug-likeness (QED) is 0.238. The minimum atomic E-state index is -2.17. The monoisotopic (exact) mass is 341 g/mol. The molecule has 23 heavy (non-hydrogen) atoms. The Bertz CT molecular complexity index is 398. The Morgan fingerprint density at radius 2 is 1.52 bits per heavy atom. The highest BCUT2D eigenvalue weighted by Crippen LogP contribution is 2.35. The van der Waals surface area contributed by atoms with Crippen molar-refractivity contribution >= 4 is 0 Å². The van der Waals surface area contributed by atoms with Crippen molar-refractivity contribution in [2.75, 3.05) is 19.8 Å². The highest BCUT2D eigenvalue weighted by atomic mass is 16.8. The van der Waals surface area contributed by atoms with E-state index >= 15 is 0 Å². The van der Waals surface area contributed by atoms with Gasteiger partial charge in [-0.15, -0.1) is 0 Å². The Labute approximate surface area is 131 Å². The Kier molecular flexibility index (Phi) is 5.92. The molecule has 0 amide bonds. The number of ether oxygens (including phenoxy) is 3. The summed E-state index contributed by atoms with van der Waals surface area (Å²) < 4.78 is 15.6. The van der Waals surface area contributed by atoms with Gasteiger partial charge in [0.05, 0.1) is 19.3 Å². The van der Waals surface area contributed by atoms with Gasteiger partial charge in [-0.2, -0.15) is 0 Å². The van der Waals surface area contributed by atoms with E-state index in [2.05, 4.69) is 0 Å². The topological polar surface area (TPSA) is 195 Å². The van der Waals surface area contributed by atoms with Crippen molar-refractivity contribution in [1.29, 1.82) is 0 Å². The number of aliphatic hydroxyl groups excluding tert-OH is 7. The van der Waals surface area contributed by atoms with Crippen LogP contribution in [0.1, 0.15) is 0 Å². The van der Waals surface area contributed by atoms with Crippen LogP contribution in [0.25, 0.3) is 0 Å².